The number of sulfone groups is 1. The molecule has 2 atom stereocenters. The number of hydrogen-bond donors (Lipinski definition) is 1. The Bertz CT molecular complexity index is 927. The van der Waals surface area contributed by atoms with E-state index in [2.05, 4.69) is 28.2 Å². The number of likely N-dealkylation sites (tertiary alicyclic amines) is 1. The average Bonchev–Trinajstić information content (AvgIpc) is 3.23. The van der Waals surface area contributed by atoms with Gasteiger partial charge in [-0.15, -0.1) is 0 Å². The molecule has 24 heavy (non-hydrogen) atoms. The molecule has 2 aromatic rings. The minimum Gasteiger partial charge on any atom is -0.306 e. The average molecular weight is 343 g/mol. The molecule has 126 valence electrons. The molecule has 1 aromatic carbocycles. The molecule has 1 aliphatic heterocycles. The summed E-state index contributed by atoms with van der Waals surface area (Å²) in [6, 6.07) is 5.09. The maximum Gasteiger partial charge on any atom is 0.206 e. The Morgan fingerprint density at radius 1 is 1.33 bits per heavy atom. The molecule has 0 radical (unpaired) electrons. The SMILES string of the molecule is CN1CC[C@@H](C2C=CC(S(=O)(=O)c3ccc4[nH]ncc4c3)=CC2)C1. The molecule has 1 aliphatic carbocycles. The van der Waals surface area contributed by atoms with E-state index in [9.17, 15) is 8.42 Å². The van der Waals surface area contributed by atoms with Crippen molar-refractivity contribution in [2.45, 2.75) is 17.7 Å². The zero-order valence-electron chi connectivity index (χ0n) is 13.6. The van der Waals surface area contributed by atoms with Crippen LogP contribution in [0, 0.1) is 11.8 Å². The van der Waals surface area contributed by atoms with Gasteiger partial charge in [0.15, 0.2) is 0 Å². The monoisotopic (exact) mass is 343 g/mol. The number of allylic oxidation sites excluding steroid dienone is 3. The fraction of sp³-hybridized carbons (Fsp3) is 0.389. The molecule has 0 amide bonds. The van der Waals surface area contributed by atoms with Gasteiger partial charge in [-0.3, -0.25) is 5.10 Å². The zero-order valence-corrected chi connectivity index (χ0v) is 14.5. The van der Waals surface area contributed by atoms with Crippen molar-refractivity contribution < 1.29 is 8.42 Å². The number of benzene rings is 1. The molecule has 6 heteroatoms. The molecule has 4 rings (SSSR count). The maximum absolute atomic E-state index is 12.9. The van der Waals surface area contributed by atoms with Crippen LogP contribution in [0.4, 0.5) is 0 Å². The van der Waals surface area contributed by atoms with Crippen LogP contribution >= 0.6 is 0 Å². The highest BCUT2D eigenvalue weighted by Crippen LogP contribution is 2.33. The predicted octanol–water partition coefficient (Wildman–Crippen LogP) is 2.75. The molecule has 2 heterocycles. The van der Waals surface area contributed by atoms with Gasteiger partial charge in [0.1, 0.15) is 0 Å². The number of aromatic nitrogens is 2. The Kier molecular flexibility index (Phi) is 3.81. The number of rotatable bonds is 3. The summed E-state index contributed by atoms with van der Waals surface area (Å²) in [5.74, 6) is 1.08. The van der Waals surface area contributed by atoms with Crippen LogP contribution < -0.4 is 0 Å². The Morgan fingerprint density at radius 2 is 2.21 bits per heavy atom. The molecule has 1 N–H and O–H groups in total. The quantitative estimate of drug-likeness (QED) is 0.931. The summed E-state index contributed by atoms with van der Waals surface area (Å²) < 4.78 is 25.7. The maximum atomic E-state index is 12.9. The summed E-state index contributed by atoms with van der Waals surface area (Å²) in [6.45, 7) is 2.23. The largest absolute Gasteiger partial charge is 0.306 e. The predicted molar refractivity (Wildman–Crippen MR) is 94.2 cm³/mol. The van der Waals surface area contributed by atoms with Crippen molar-refractivity contribution >= 4 is 20.7 Å². The highest BCUT2D eigenvalue weighted by Gasteiger charge is 2.29. The van der Waals surface area contributed by atoms with E-state index >= 15 is 0 Å². The Labute approximate surface area is 142 Å². The topological polar surface area (TPSA) is 66.1 Å². The van der Waals surface area contributed by atoms with E-state index in [1.165, 1.54) is 6.42 Å². The van der Waals surface area contributed by atoms with Crippen LogP contribution in [-0.2, 0) is 9.84 Å². The molecule has 1 saturated heterocycles. The summed E-state index contributed by atoms with van der Waals surface area (Å²) in [4.78, 5) is 3.08. The molecule has 5 nitrogen and oxygen atoms in total. The molecule has 0 saturated carbocycles. The van der Waals surface area contributed by atoms with E-state index < -0.39 is 9.84 Å². The molecule has 1 fully saturated rings. The van der Waals surface area contributed by atoms with Crippen molar-refractivity contribution in [3.8, 4) is 0 Å². The Hall–Kier alpha value is -1.92. The molecule has 1 aromatic heterocycles. The van der Waals surface area contributed by atoms with Crippen LogP contribution in [0.25, 0.3) is 10.9 Å². The molecule has 2 aliphatic rings. The lowest BCUT2D eigenvalue weighted by Gasteiger charge is -2.22. The number of nitrogens with zero attached hydrogens (tertiary/aromatic N) is 2. The van der Waals surface area contributed by atoms with E-state index in [1.54, 1.807) is 30.5 Å². The smallest absolute Gasteiger partial charge is 0.206 e. The van der Waals surface area contributed by atoms with E-state index in [4.69, 9.17) is 0 Å². The number of nitrogens with one attached hydrogen (secondary N) is 1. The summed E-state index contributed by atoms with van der Waals surface area (Å²) >= 11 is 0. The van der Waals surface area contributed by atoms with Gasteiger partial charge in [0.2, 0.25) is 9.84 Å². The third kappa shape index (κ3) is 2.70. The normalized spacial score (nSPS) is 25.3. The first kappa shape index (κ1) is 15.6. The lowest BCUT2D eigenvalue weighted by atomic mass is 9.86. The first-order valence-corrected chi connectivity index (χ1v) is 9.77. The lowest BCUT2D eigenvalue weighted by Crippen LogP contribution is -2.20. The van der Waals surface area contributed by atoms with Crippen molar-refractivity contribution in [1.29, 1.82) is 0 Å². The number of aromatic amines is 1. The van der Waals surface area contributed by atoms with Gasteiger partial charge in [-0.2, -0.15) is 5.10 Å². The highest BCUT2D eigenvalue weighted by atomic mass is 32.2. The molecule has 0 bridgehead atoms. The molecular formula is C18H21N3O2S. The molecular weight excluding hydrogens is 322 g/mol. The second-order valence-electron chi connectivity index (χ2n) is 6.80. The van der Waals surface area contributed by atoms with Gasteiger partial charge in [-0.1, -0.05) is 12.2 Å². The first-order valence-electron chi connectivity index (χ1n) is 8.29. The summed E-state index contributed by atoms with van der Waals surface area (Å²) in [5, 5.41) is 7.59. The van der Waals surface area contributed by atoms with E-state index in [0.717, 1.165) is 30.4 Å². The van der Waals surface area contributed by atoms with Gasteiger partial charge in [-0.05, 0) is 62.5 Å². The summed E-state index contributed by atoms with van der Waals surface area (Å²) in [6.07, 6.45) is 9.41. The summed E-state index contributed by atoms with van der Waals surface area (Å²) in [5.41, 5.74) is 0.840. The van der Waals surface area contributed by atoms with Crippen LogP contribution in [0.15, 0.2) is 52.4 Å². The van der Waals surface area contributed by atoms with Gasteiger partial charge < -0.3 is 4.90 Å². The fourth-order valence-corrected chi connectivity index (χ4v) is 5.08. The first-order chi connectivity index (χ1) is 11.5. The van der Waals surface area contributed by atoms with E-state index in [1.807, 2.05) is 6.08 Å². The van der Waals surface area contributed by atoms with Gasteiger partial charge in [0, 0.05) is 11.9 Å². The third-order valence-electron chi connectivity index (χ3n) is 5.16. The van der Waals surface area contributed by atoms with E-state index in [-0.39, 0.29) is 0 Å². The van der Waals surface area contributed by atoms with Gasteiger partial charge in [0.05, 0.1) is 21.5 Å². The van der Waals surface area contributed by atoms with Gasteiger partial charge in [0.25, 0.3) is 0 Å². The van der Waals surface area contributed by atoms with Crippen molar-refractivity contribution in [2.24, 2.45) is 11.8 Å². The van der Waals surface area contributed by atoms with Gasteiger partial charge >= 0.3 is 0 Å². The number of fused-ring (bicyclic) bond motifs is 1. The minimum atomic E-state index is -3.47. The standard InChI is InChI=1S/C18H21N3O2S/c1-21-9-8-14(12-21)13-2-4-16(5-3-13)24(22,23)17-6-7-18-15(10-17)11-19-20-18/h2,4-7,10-11,13-14H,3,8-9,12H2,1H3,(H,19,20)/t13?,14-/m1/s1. The third-order valence-corrected chi connectivity index (χ3v) is 6.96. The van der Waals surface area contributed by atoms with Crippen molar-refractivity contribution in [2.75, 3.05) is 20.1 Å². The highest BCUT2D eigenvalue weighted by molar-refractivity contribution is 7.95. The Balaban J connectivity index is 1.57. The van der Waals surface area contributed by atoms with Gasteiger partial charge in [-0.25, -0.2) is 8.42 Å². The number of H-pyrrole nitrogens is 1. The van der Waals surface area contributed by atoms with Crippen molar-refractivity contribution in [1.82, 2.24) is 15.1 Å². The Morgan fingerprint density at radius 3 is 2.92 bits per heavy atom. The second kappa shape index (κ2) is 5.86. The van der Waals surface area contributed by atoms with Crippen molar-refractivity contribution in [3.05, 3.63) is 47.5 Å². The van der Waals surface area contributed by atoms with Crippen molar-refractivity contribution in [3.63, 3.8) is 0 Å². The number of hydrogen-bond acceptors (Lipinski definition) is 4. The fourth-order valence-electron chi connectivity index (χ4n) is 3.71. The van der Waals surface area contributed by atoms with Crippen LogP contribution in [0.1, 0.15) is 12.8 Å². The van der Waals surface area contributed by atoms with Crippen LogP contribution in [-0.4, -0.2) is 43.7 Å². The molecule has 0 spiro atoms. The minimum absolute atomic E-state index is 0.325. The zero-order chi connectivity index (χ0) is 16.7. The molecule has 1 unspecified atom stereocenters. The van der Waals surface area contributed by atoms with Crippen LogP contribution in [0.5, 0.6) is 0 Å². The van der Waals surface area contributed by atoms with E-state index in [0.29, 0.717) is 21.6 Å². The second-order valence-corrected chi connectivity index (χ2v) is 8.75. The van der Waals surface area contributed by atoms with Crippen LogP contribution in [0.2, 0.25) is 0 Å². The lowest BCUT2D eigenvalue weighted by molar-refractivity contribution is 0.357. The van der Waals surface area contributed by atoms with Crippen LogP contribution in [0.3, 0.4) is 0 Å². The summed E-state index contributed by atoms with van der Waals surface area (Å²) in [7, 11) is -1.32.